The van der Waals surface area contributed by atoms with Crippen LogP contribution in [0.2, 0.25) is 0 Å². The molecule has 0 aliphatic rings. The van der Waals surface area contributed by atoms with E-state index in [1.165, 1.54) is 0 Å². The van der Waals surface area contributed by atoms with Crippen molar-refractivity contribution in [3.05, 3.63) is 0 Å². The molecule has 0 spiro atoms. The highest BCUT2D eigenvalue weighted by Gasteiger charge is 2.40. The molecule has 12 nitrogen and oxygen atoms in total. The van der Waals surface area contributed by atoms with E-state index in [1.807, 2.05) is 0 Å². The van der Waals surface area contributed by atoms with Crippen molar-refractivity contribution < 1.29 is 34.8 Å². The lowest BCUT2D eigenvalue weighted by Crippen LogP contribution is -2.42. The standard InChI is InChI=1S/C8H23N5.C6H8O7.CH4/c9-1-3-11-5-7-13-8-6-12-4-2-10;7-3(8)1-6(13,5(11)12)2-4(9)10;/h11-13H,1-10H2;13H,1-2H2,(H,7,8)(H,9,10)(H,11,12);1H4. The molecule has 0 fully saturated rings. The van der Waals surface area contributed by atoms with Gasteiger partial charge in [0.15, 0.2) is 5.60 Å². The summed E-state index contributed by atoms with van der Waals surface area (Å²) in [5.41, 5.74) is 7.90. The highest BCUT2D eigenvalue weighted by Crippen LogP contribution is 2.15. The van der Waals surface area contributed by atoms with Gasteiger partial charge in [-0.15, -0.1) is 0 Å². The minimum absolute atomic E-state index is 0. The number of hydrogen-bond acceptors (Lipinski definition) is 9. The van der Waals surface area contributed by atoms with Crippen molar-refractivity contribution in [1.82, 2.24) is 16.0 Å². The summed E-state index contributed by atoms with van der Waals surface area (Å²) < 4.78 is 0. The van der Waals surface area contributed by atoms with Crippen LogP contribution in [-0.4, -0.2) is 96.3 Å². The Hall–Kier alpha value is -1.83. The molecule has 0 aliphatic carbocycles. The second kappa shape index (κ2) is 18.9. The molecule has 0 aliphatic heterocycles. The molecule has 0 rings (SSSR count). The van der Waals surface area contributed by atoms with Crippen molar-refractivity contribution in [3.8, 4) is 0 Å². The van der Waals surface area contributed by atoms with Crippen molar-refractivity contribution in [2.75, 3.05) is 52.4 Å². The predicted molar refractivity (Wildman–Crippen MR) is 101 cm³/mol. The van der Waals surface area contributed by atoms with Gasteiger partial charge in [-0.1, -0.05) is 7.43 Å². The monoisotopic (exact) mass is 397 g/mol. The molecule has 0 saturated heterocycles. The molecular weight excluding hydrogens is 362 g/mol. The number of carboxylic acids is 3. The molecule has 0 amide bonds. The number of carboxylic acid groups (broad SMARTS) is 3. The van der Waals surface area contributed by atoms with E-state index in [4.69, 9.17) is 31.9 Å². The zero-order valence-electron chi connectivity index (χ0n) is 14.7. The normalized spacial score (nSPS) is 10.3. The summed E-state index contributed by atoms with van der Waals surface area (Å²) in [5.74, 6) is -5.02. The van der Waals surface area contributed by atoms with Crippen LogP contribution in [-0.2, 0) is 14.4 Å². The van der Waals surface area contributed by atoms with Gasteiger partial charge >= 0.3 is 17.9 Å². The topological polar surface area (TPSA) is 220 Å². The van der Waals surface area contributed by atoms with Gasteiger partial charge in [-0.25, -0.2) is 4.79 Å². The van der Waals surface area contributed by atoms with E-state index in [1.54, 1.807) is 0 Å². The van der Waals surface area contributed by atoms with Gasteiger partial charge in [0, 0.05) is 52.4 Å². The Bertz CT molecular complexity index is 384. The lowest BCUT2D eigenvalue weighted by molar-refractivity contribution is -0.170. The van der Waals surface area contributed by atoms with Gasteiger partial charge in [0.25, 0.3) is 0 Å². The SMILES string of the molecule is C.NCCNCCNCCNCCN.O=C(O)CC(O)(CC(=O)O)C(=O)O. The number of rotatable bonds is 15. The van der Waals surface area contributed by atoms with Gasteiger partial charge in [0.2, 0.25) is 0 Å². The lowest BCUT2D eigenvalue weighted by Gasteiger charge is -2.18. The first kappa shape index (κ1) is 29.9. The average Bonchev–Trinajstić information content (AvgIpc) is 2.52. The third-order valence-electron chi connectivity index (χ3n) is 2.88. The number of hydrogen-bond donors (Lipinski definition) is 9. The molecule has 162 valence electrons. The van der Waals surface area contributed by atoms with Crippen LogP contribution in [0.1, 0.15) is 20.3 Å². The minimum Gasteiger partial charge on any atom is -0.481 e. The molecule has 0 aromatic carbocycles. The first-order chi connectivity index (χ1) is 12.2. The zero-order valence-corrected chi connectivity index (χ0v) is 14.7. The zero-order chi connectivity index (χ0) is 20.4. The first-order valence-corrected chi connectivity index (χ1v) is 8.11. The number of aliphatic hydroxyl groups is 1. The molecular formula is C15H35N5O7. The molecule has 0 atom stereocenters. The molecule has 0 aromatic rings. The molecule has 0 aromatic heterocycles. The van der Waals surface area contributed by atoms with E-state index < -0.39 is 36.4 Å². The van der Waals surface area contributed by atoms with E-state index in [0.29, 0.717) is 13.1 Å². The maximum atomic E-state index is 10.3. The predicted octanol–water partition coefficient (Wildman–Crippen LogP) is -2.94. The summed E-state index contributed by atoms with van der Waals surface area (Å²) >= 11 is 0. The Balaban J connectivity index is -0.000000411. The summed E-state index contributed by atoms with van der Waals surface area (Å²) in [6.45, 7) is 7.15. The van der Waals surface area contributed by atoms with Gasteiger partial charge in [0.1, 0.15) is 0 Å². The quantitative estimate of drug-likeness (QED) is 0.127. The van der Waals surface area contributed by atoms with Crippen LogP contribution in [0, 0.1) is 0 Å². The highest BCUT2D eigenvalue weighted by atomic mass is 16.4. The molecule has 12 heteroatoms. The van der Waals surface area contributed by atoms with Crippen LogP contribution in [0.4, 0.5) is 0 Å². The fourth-order valence-electron chi connectivity index (χ4n) is 1.65. The largest absolute Gasteiger partial charge is 0.481 e. The average molecular weight is 397 g/mol. The Labute approximate surface area is 159 Å². The minimum atomic E-state index is -2.74. The molecule has 0 saturated carbocycles. The van der Waals surface area contributed by atoms with Crippen molar-refractivity contribution in [2.24, 2.45) is 11.5 Å². The Morgan fingerprint density at radius 2 is 1.00 bits per heavy atom. The van der Waals surface area contributed by atoms with Crippen molar-refractivity contribution in [1.29, 1.82) is 0 Å². The smallest absolute Gasteiger partial charge is 0.336 e. The number of aliphatic carboxylic acids is 3. The number of carbonyl (C=O) groups is 3. The van der Waals surface area contributed by atoms with E-state index in [0.717, 1.165) is 39.3 Å². The summed E-state index contributed by atoms with van der Waals surface area (Å²) in [5, 5.41) is 43.5. The van der Waals surface area contributed by atoms with E-state index in [2.05, 4.69) is 16.0 Å². The third kappa shape index (κ3) is 20.3. The second-order valence-electron chi connectivity index (χ2n) is 5.31. The molecule has 0 unspecified atom stereocenters. The van der Waals surface area contributed by atoms with Crippen molar-refractivity contribution >= 4 is 17.9 Å². The van der Waals surface area contributed by atoms with Crippen molar-refractivity contribution in [3.63, 3.8) is 0 Å². The Morgan fingerprint density at radius 3 is 1.22 bits per heavy atom. The molecule has 0 bridgehead atoms. The summed E-state index contributed by atoms with van der Waals surface area (Å²) in [6, 6.07) is 0. The maximum Gasteiger partial charge on any atom is 0.336 e. The fraction of sp³-hybridized carbons (Fsp3) is 0.800. The van der Waals surface area contributed by atoms with E-state index in [-0.39, 0.29) is 7.43 Å². The maximum absolute atomic E-state index is 10.3. The number of nitrogens with two attached hydrogens (primary N) is 2. The molecule has 11 N–H and O–H groups in total. The second-order valence-corrected chi connectivity index (χ2v) is 5.31. The molecule has 0 radical (unpaired) electrons. The third-order valence-corrected chi connectivity index (χ3v) is 2.88. The number of nitrogens with one attached hydrogen (secondary N) is 3. The van der Waals surface area contributed by atoms with Crippen LogP contribution in [0.15, 0.2) is 0 Å². The Kier molecular flexibility index (Phi) is 21.0. The lowest BCUT2D eigenvalue weighted by atomic mass is 9.96. The summed E-state index contributed by atoms with van der Waals surface area (Å²) in [4.78, 5) is 30.5. The van der Waals surface area contributed by atoms with Gasteiger partial charge < -0.3 is 47.8 Å². The van der Waals surface area contributed by atoms with E-state index >= 15 is 0 Å². The fourth-order valence-corrected chi connectivity index (χ4v) is 1.65. The summed E-state index contributed by atoms with van der Waals surface area (Å²) in [6.07, 6.45) is -2.29. The van der Waals surface area contributed by atoms with Crippen molar-refractivity contribution in [2.45, 2.75) is 25.9 Å². The van der Waals surface area contributed by atoms with E-state index in [9.17, 15) is 14.4 Å². The Morgan fingerprint density at radius 1 is 0.704 bits per heavy atom. The van der Waals surface area contributed by atoms with Gasteiger partial charge in [-0.3, -0.25) is 9.59 Å². The van der Waals surface area contributed by atoms with Crippen LogP contribution in [0.3, 0.4) is 0 Å². The van der Waals surface area contributed by atoms with Crippen LogP contribution < -0.4 is 27.4 Å². The van der Waals surface area contributed by atoms with Gasteiger partial charge in [-0.2, -0.15) is 0 Å². The first-order valence-electron chi connectivity index (χ1n) is 8.11. The highest BCUT2D eigenvalue weighted by molar-refractivity contribution is 5.88. The molecule has 27 heavy (non-hydrogen) atoms. The summed E-state index contributed by atoms with van der Waals surface area (Å²) in [7, 11) is 0. The van der Waals surface area contributed by atoms with Gasteiger partial charge in [0.05, 0.1) is 12.8 Å². The van der Waals surface area contributed by atoms with Gasteiger partial charge in [-0.05, 0) is 0 Å². The van der Waals surface area contributed by atoms with Crippen LogP contribution >= 0.6 is 0 Å². The molecule has 0 heterocycles. The van der Waals surface area contributed by atoms with Crippen LogP contribution in [0.25, 0.3) is 0 Å². The van der Waals surface area contributed by atoms with Crippen LogP contribution in [0.5, 0.6) is 0 Å².